The van der Waals surface area contributed by atoms with E-state index in [0.29, 0.717) is 12.3 Å². The third-order valence-electron chi connectivity index (χ3n) is 5.62. The number of nitrogens with zero attached hydrogens (tertiary/aromatic N) is 3. The van der Waals surface area contributed by atoms with Crippen molar-refractivity contribution in [2.75, 3.05) is 17.1 Å². The number of aromatic nitrogens is 2. The topological polar surface area (TPSA) is 21.1 Å². The lowest BCUT2D eigenvalue weighted by Crippen LogP contribution is -2.18. The maximum Gasteiger partial charge on any atom is 0.247 e. The van der Waals surface area contributed by atoms with E-state index in [4.69, 9.17) is 4.98 Å². The fraction of sp³-hybridized carbons (Fsp3) is 0.720. The minimum atomic E-state index is -2.43. The van der Waals surface area contributed by atoms with Gasteiger partial charge >= 0.3 is 0 Å². The van der Waals surface area contributed by atoms with Crippen LogP contribution in [-0.4, -0.2) is 28.3 Å². The monoisotopic (exact) mass is 455 g/mol. The highest BCUT2D eigenvalue weighted by Gasteiger charge is 2.25. The molecule has 0 bridgehead atoms. The molecule has 0 amide bonds. The maximum absolute atomic E-state index is 12.6. The molecule has 0 radical (unpaired) electrons. The fourth-order valence-corrected chi connectivity index (χ4v) is 3.96. The van der Waals surface area contributed by atoms with E-state index >= 15 is 0 Å². The van der Waals surface area contributed by atoms with Crippen molar-refractivity contribution in [1.29, 1.82) is 0 Å². The van der Waals surface area contributed by atoms with Crippen LogP contribution in [-0.2, 0) is 12.0 Å². The van der Waals surface area contributed by atoms with Gasteiger partial charge in [-0.2, -0.15) is 0 Å². The molecule has 0 aliphatic carbocycles. The van der Waals surface area contributed by atoms with E-state index in [2.05, 4.69) is 68.7 Å². The number of aryl methyl sites for hydroxylation is 1. The molecular formula is C25H43F2N3S. The Kier molecular flexibility index (Phi) is 10.8. The van der Waals surface area contributed by atoms with Gasteiger partial charge in [0.05, 0.1) is 11.0 Å². The minimum absolute atomic E-state index is 0.0244. The molecule has 178 valence electrons. The van der Waals surface area contributed by atoms with Gasteiger partial charge in [-0.1, -0.05) is 66.8 Å². The Bertz CT molecular complexity index is 796. The van der Waals surface area contributed by atoms with Crippen molar-refractivity contribution in [2.45, 2.75) is 99.0 Å². The summed E-state index contributed by atoms with van der Waals surface area (Å²) in [7, 11) is 2.11. The first-order chi connectivity index (χ1) is 14.4. The minimum Gasteiger partial charge on any atom is -0.328 e. The Hall–Kier alpha value is -1.30. The van der Waals surface area contributed by atoms with Gasteiger partial charge in [0.15, 0.2) is 0 Å². The summed E-state index contributed by atoms with van der Waals surface area (Å²) in [5.74, 6) is 0.250. The first kappa shape index (κ1) is 27.7. The predicted molar refractivity (Wildman–Crippen MR) is 135 cm³/mol. The highest BCUT2D eigenvalue weighted by molar-refractivity contribution is 8.00. The van der Waals surface area contributed by atoms with Gasteiger partial charge in [-0.15, -0.1) is 0 Å². The molecule has 6 heteroatoms. The van der Waals surface area contributed by atoms with Crippen LogP contribution in [0.4, 0.5) is 14.5 Å². The Morgan fingerprint density at radius 3 is 2.26 bits per heavy atom. The van der Waals surface area contributed by atoms with E-state index in [1.54, 1.807) is 0 Å². The van der Waals surface area contributed by atoms with Crippen molar-refractivity contribution < 1.29 is 8.78 Å². The van der Waals surface area contributed by atoms with E-state index in [-0.39, 0.29) is 18.3 Å². The maximum atomic E-state index is 12.6. The summed E-state index contributed by atoms with van der Waals surface area (Å²) in [6, 6.07) is 6.58. The largest absolute Gasteiger partial charge is 0.328 e. The molecule has 3 nitrogen and oxygen atoms in total. The number of benzene rings is 1. The van der Waals surface area contributed by atoms with Crippen LogP contribution in [0.5, 0.6) is 0 Å². The van der Waals surface area contributed by atoms with Gasteiger partial charge in [0.1, 0.15) is 5.82 Å². The zero-order chi connectivity index (χ0) is 23.8. The van der Waals surface area contributed by atoms with Gasteiger partial charge in [0.25, 0.3) is 0 Å². The summed E-state index contributed by atoms with van der Waals surface area (Å²) < 4.78 is 29.8. The number of alkyl halides is 2. The van der Waals surface area contributed by atoms with Crippen LogP contribution in [0.2, 0.25) is 0 Å². The van der Waals surface area contributed by atoms with E-state index < -0.39 is 5.92 Å². The van der Waals surface area contributed by atoms with E-state index in [1.165, 1.54) is 18.1 Å². The predicted octanol–water partition coefficient (Wildman–Crippen LogP) is 8.32. The standard InChI is InChI=1S/C16H25N3S.C9H18F2/c1-7-19-14-10-9-12(18(6)20-8-2)11-13(14)17-15(19)16(3,4)5;1-4-8(3)6-7-9(10,11)5-2/h9-11H,7-8H2,1-6H3;8H,4-7H2,1-3H3. The Morgan fingerprint density at radius 2 is 1.77 bits per heavy atom. The number of fused-ring (bicyclic) bond motifs is 1. The molecular weight excluding hydrogens is 412 g/mol. The number of anilines is 1. The molecule has 0 saturated carbocycles. The second-order valence-electron chi connectivity index (χ2n) is 9.28. The molecule has 1 aromatic heterocycles. The third-order valence-corrected chi connectivity index (χ3v) is 6.48. The summed E-state index contributed by atoms with van der Waals surface area (Å²) in [6.07, 6.45) is 1.68. The van der Waals surface area contributed by atoms with Crippen LogP contribution in [0.25, 0.3) is 11.0 Å². The fourth-order valence-electron chi connectivity index (χ4n) is 3.31. The van der Waals surface area contributed by atoms with Crippen molar-refractivity contribution in [1.82, 2.24) is 9.55 Å². The Labute approximate surface area is 193 Å². The third kappa shape index (κ3) is 8.28. The smallest absolute Gasteiger partial charge is 0.247 e. The van der Waals surface area contributed by atoms with Crippen LogP contribution in [0.3, 0.4) is 0 Å². The molecule has 0 saturated heterocycles. The van der Waals surface area contributed by atoms with Gasteiger partial charge in [-0.25, -0.2) is 13.8 Å². The summed E-state index contributed by atoms with van der Waals surface area (Å²) in [4.78, 5) is 4.88. The van der Waals surface area contributed by atoms with Gasteiger partial charge in [-0.05, 0) is 37.5 Å². The molecule has 1 unspecified atom stereocenters. The summed E-state index contributed by atoms with van der Waals surface area (Å²) in [5.41, 5.74) is 3.61. The molecule has 0 N–H and O–H groups in total. The molecule has 0 aliphatic rings. The molecule has 1 heterocycles. The molecule has 31 heavy (non-hydrogen) atoms. The van der Waals surface area contributed by atoms with Gasteiger partial charge < -0.3 is 8.87 Å². The van der Waals surface area contributed by atoms with Gasteiger partial charge in [0.2, 0.25) is 5.92 Å². The van der Waals surface area contributed by atoms with Crippen molar-refractivity contribution in [3.63, 3.8) is 0 Å². The number of rotatable bonds is 9. The number of halogens is 2. The second-order valence-corrected chi connectivity index (χ2v) is 10.7. The van der Waals surface area contributed by atoms with E-state index in [9.17, 15) is 8.78 Å². The molecule has 1 atom stereocenters. The van der Waals surface area contributed by atoms with Crippen LogP contribution < -0.4 is 4.31 Å². The zero-order valence-corrected chi connectivity index (χ0v) is 21.9. The zero-order valence-electron chi connectivity index (χ0n) is 21.1. The SMILES string of the molecule is CCC(C)CCC(F)(F)CC.CCSN(C)c1ccc2c(c1)nc(C(C)(C)C)n2CC. The summed E-state index contributed by atoms with van der Waals surface area (Å²) in [5, 5.41) is 0. The van der Waals surface area contributed by atoms with Crippen LogP contribution in [0.15, 0.2) is 18.2 Å². The lowest BCUT2D eigenvalue weighted by atomic mass is 9.96. The quantitative estimate of drug-likeness (QED) is 0.355. The van der Waals surface area contributed by atoms with E-state index in [1.807, 2.05) is 25.8 Å². The number of hydrogen-bond donors (Lipinski definition) is 0. The number of imidazole rings is 1. The normalized spacial score (nSPS) is 13.1. The first-order valence-electron chi connectivity index (χ1n) is 11.6. The molecule has 0 aliphatic heterocycles. The molecule has 0 spiro atoms. The Balaban J connectivity index is 0.000000373. The lowest BCUT2D eigenvalue weighted by Gasteiger charge is -2.19. The second kappa shape index (κ2) is 12.1. The van der Waals surface area contributed by atoms with Crippen molar-refractivity contribution in [2.24, 2.45) is 5.92 Å². The molecule has 2 aromatic rings. The lowest BCUT2D eigenvalue weighted by molar-refractivity contribution is -0.0165. The first-order valence-corrected chi connectivity index (χ1v) is 12.6. The number of hydrogen-bond acceptors (Lipinski definition) is 3. The van der Waals surface area contributed by atoms with Crippen molar-refractivity contribution in [3.05, 3.63) is 24.0 Å². The van der Waals surface area contributed by atoms with Gasteiger partial charge in [-0.3, -0.25) is 0 Å². The average Bonchev–Trinajstić information content (AvgIpc) is 3.11. The summed E-state index contributed by atoms with van der Waals surface area (Å²) in [6.45, 7) is 17.6. The molecule has 0 fully saturated rings. The molecule has 1 aromatic carbocycles. The van der Waals surface area contributed by atoms with Crippen LogP contribution in [0, 0.1) is 5.92 Å². The van der Waals surface area contributed by atoms with Gasteiger partial charge in [0, 0.05) is 43.3 Å². The van der Waals surface area contributed by atoms with Crippen LogP contribution in [0.1, 0.15) is 86.9 Å². The van der Waals surface area contributed by atoms with Crippen molar-refractivity contribution in [3.8, 4) is 0 Å². The van der Waals surface area contributed by atoms with Crippen LogP contribution >= 0.6 is 11.9 Å². The average molecular weight is 456 g/mol. The van der Waals surface area contributed by atoms with E-state index in [0.717, 1.165) is 30.1 Å². The van der Waals surface area contributed by atoms with Crippen molar-refractivity contribution >= 4 is 28.7 Å². The highest BCUT2D eigenvalue weighted by atomic mass is 32.2. The highest BCUT2D eigenvalue weighted by Crippen LogP contribution is 2.30. The summed E-state index contributed by atoms with van der Waals surface area (Å²) >= 11 is 1.81. The Morgan fingerprint density at radius 1 is 1.13 bits per heavy atom. The molecule has 2 rings (SSSR count).